The minimum absolute atomic E-state index is 0.184. The van der Waals surface area contributed by atoms with Gasteiger partial charge < -0.3 is 10.0 Å². The van der Waals surface area contributed by atoms with E-state index in [0.717, 1.165) is 5.56 Å². The number of aliphatic hydroxyl groups excluding tert-OH is 1. The zero-order valence-corrected chi connectivity index (χ0v) is 15.5. The van der Waals surface area contributed by atoms with Gasteiger partial charge in [-0.1, -0.05) is 67.6 Å². The molecule has 0 spiro atoms. The Morgan fingerprint density at radius 2 is 1.85 bits per heavy atom. The van der Waals surface area contributed by atoms with Crippen LogP contribution in [0.3, 0.4) is 0 Å². The van der Waals surface area contributed by atoms with Gasteiger partial charge in [0.1, 0.15) is 0 Å². The predicted octanol–water partition coefficient (Wildman–Crippen LogP) is 2.91. The summed E-state index contributed by atoms with van der Waals surface area (Å²) in [5, 5.41) is 14.5. The van der Waals surface area contributed by atoms with E-state index in [-0.39, 0.29) is 6.54 Å². The van der Waals surface area contributed by atoms with E-state index < -0.39 is 11.9 Å². The summed E-state index contributed by atoms with van der Waals surface area (Å²) >= 11 is 0. The summed E-state index contributed by atoms with van der Waals surface area (Å²) in [6.07, 6.45) is 8.20. The highest BCUT2D eigenvalue weighted by atomic mass is 16.5. The molecule has 1 heterocycles. The molecule has 3 rings (SSSR count). The highest BCUT2D eigenvalue weighted by Gasteiger charge is 2.21. The zero-order chi connectivity index (χ0) is 18.4. The maximum absolute atomic E-state index is 12.0. The number of benzene rings is 1. The fourth-order valence-electron chi connectivity index (χ4n) is 3.85. The zero-order valence-electron chi connectivity index (χ0n) is 15.5. The van der Waals surface area contributed by atoms with Crippen molar-refractivity contribution in [3.05, 3.63) is 40.9 Å². The van der Waals surface area contributed by atoms with Gasteiger partial charge in [-0.3, -0.25) is 9.09 Å². The molecule has 1 saturated carbocycles. The number of rotatable bonds is 6. The largest absolute Gasteiger partial charge is 0.441 e. The summed E-state index contributed by atoms with van der Waals surface area (Å²) in [7, 11) is 2.07. The molecule has 1 aliphatic carbocycles. The van der Waals surface area contributed by atoms with Gasteiger partial charge in [-0.25, -0.2) is 4.79 Å². The van der Waals surface area contributed by atoms with Gasteiger partial charge in [0.05, 0.1) is 12.6 Å². The van der Waals surface area contributed by atoms with Crippen molar-refractivity contribution in [1.82, 2.24) is 14.6 Å². The maximum atomic E-state index is 12.0. The third-order valence-electron chi connectivity index (χ3n) is 5.31. The fraction of sp³-hybridized carbons (Fsp3) is 0.600. The number of nitrogens with zero attached hydrogens (tertiary/aromatic N) is 3. The number of likely N-dealkylation sites (N-methyl/N-ethyl adjacent to an activating group) is 1. The first kappa shape index (κ1) is 18.9. The molecule has 0 radical (unpaired) electrons. The van der Waals surface area contributed by atoms with Crippen molar-refractivity contribution in [3.8, 4) is 11.4 Å². The minimum atomic E-state index is -0.648. The highest BCUT2D eigenvalue weighted by molar-refractivity contribution is 5.54. The van der Waals surface area contributed by atoms with Crippen LogP contribution in [-0.2, 0) is 6.54 Å². The highest BCUT2D eigenvalue weighted by Crippen LogP contribution is 2.21. The smallest absolute Gasteiger partial charge is 0.390 e. The summed E-state index contributed by atoms with van der Waals surface area (Å²) < 4.78 is 6.26. The van der Waals surface area contributed by atoms with Crippen LogP contribution in [-0.4, -0.2) is 45.5 Å². The van der Waals surface area contributed by atoms with Gasteiger partial charge in [-0.15, -0.1) is 0 Å². The van der Waals surface area contributed by atoms with Gasteiger partial charge in [0.25, 0.3) is 0 Å². The van der Waals surface area contributed by atoms with Crippen LogP contribution in [0, 0.1) is 0 Å². The maximum Gasteiger partial charge on any atom is 0.441 e. The molecule has 1 aromatic carbocycles. The average molecular weight is 359 g/mol. The Morgan fingerprint density at radius 3 is 2.54 bits per heavy atom. The molecular formula is C20H29N3O3. The third kappa shape index (κ3) is 4.83. The van der Waals surface area contributed by atoms with Gasteiger partial charge in [0.15, 0.2) is 5.82 Å². The molecule has 1 atom stereocenters. The summed E-state index contributed by atoms with van der Waals surface area (Å²) in [5.74, 6) is -0.0697. The van der Waals surface area contributed by atoms with Crippen LogP contribution in [0.1, 0.15) is 44.9 Å². The van der Waals surface area contributed by atoms with E-state index in [2.05, 4.69) is 17.1 Å². The molecule has 26 heavy (non-hydrogen) atoms. The normalized spacial score (nSPS) is 17.8. The second-order valence-electron chi connectivity index (χ2n) is 7.34. The molecule has 1 aliphatic rings. The van der Waals surface area contributed by atoms with Gasteiger partial charge in [0, 0.05) is 18.2 Å². The van der Waals surface area contributed by atoms with Crippen LogP contribution in [0.5, 0.6) is 0 Å². The van der Waals surface area contributed by atoms with Crippen molar-refractivity contribution >= 4 is 0 Å². The van der Waals surface area contributed by atoms with Crippen molar-refractivity contribution in [1.29, 1.82) is 0 Å². The van der Waals surface area contributed by atoms with E-state index in [4.69, 9.17) is 4.52 Å². The summed E-state index contributed by atoms with van der Waals surface area (Å²) in [6.45, 7) is 0.722. The predicted molar refractivity (Wildman–Crippen MR) is 101 cm³/mol. The number of hydrogen-bond acceptors (Lipinski definition) is 5. The Kier molecular flexibility index (Phi) is 6.63. The number of aliphatic hydroxyl groups is 1. The van der Waals surface area contributed by atoms with Crippen molar-refractivity contribution in [2.75, 3.05) is 13.6 Å². The Labute approximate surface area is 154 Å². The average Bonchev–Trinajstić information content (AvgIpc) is 2.96. The van der Waals surface area contributed by atoms with Crippen LogP contribution in [0.4, 0.5) is 0 Å². The molecule has 1 aromatic heterocycles. The Morgan fingerprint density at radius 1 is 1.19 bits per heavy atom. The number of aromatic nitrogens is 2. The van der Waals surface area contributed by atoms with Gasteiger partial charge in [-0.05, 0) is 19.9 Å². The van der Waals surface area contributed by atoms with Gasteiger partial charge in [0.2, 0.25) is 0 Å². The molecule has 1 unspecified atom stereocenters. The minimum Gasteiger partial charge on any atom is -0.390 e. The lowest BCUT2D eigenvalue weighted by Crippen LogP contribution is -2.40. The molecule has 1 fully saturated rings. The van der Waals surface area contributed by atoms with E-state index >= 15 is 0 Å². The molecule has 6 heteroatoms. The van der Waals surface area contributed by atoms with E-state index in [1.807, 2.05) is 30.3 Å². The lowest BCUT2D eigenvalue weighted by molar-refractivity contribution is 0.0818. The first-order chi connectivity index (χ1) is 12.6. The molecule has 6 nitrogen and oxygen atoms in total. The van der Waals surface area contributed by atoms with Crippen molar-refractivity contribution in [3.63, 3.8) is 0 Å². The second-order valence-corrected chi connectivity index (χ2v) is 7.34. The summed E-state index contributed by atoms with van der Waals surface area (Å²) in [4.78, 5) is 14.3. The van der Waals surface area contributed by atoms with Crippen molar-refractivity contribution < 1.29 is 9.63 Å². The van der Waals surface area contributed by atoms with E-state index in [1.54, 1.807) is 0 Å². The van der Waals surface area contributed by atoms with E-state index in [1.165, 1.54) is 49.5 Å². The van der Waals surface area contributed by atoms with E-state index in [0.29, 0.717) is 18.4 Å². The van der Waals surface area contributed by atoms with Crippen molar-refractivity contribution in [2.45, 2.75) is 63.6 Å². The lowest BCUT2D eigenvalue weighted by Gasteiger charge is -2.31. The Balaban J connectivity index is 1.64. The molecular weight excluding hydrogens is 330 g/mol. The quantitative estimate of drug-likeness (QED) is 0.859. The second kappa shape index (κ2) is 9.14. The van der Waals surface area contributed by atoms with Crippen LogP contribution in [0.2, 0.25) is 0 Å². The Bertz CT molecular complexity index is 717. The summed E-state index contributed by atoms with van der Waals surface area (Å²) in [6, 6.07) is 9.94. The van der Waals surface area contributed by atoms with Crippen LogP contribution >= 0.6 is 0 Å². The Hall–Kier alpha value is -1.92. The van der Waals surface area contributed by atoms with Crippen LogP contribution < -0.4 is 5.76 Å². The fourth-order valence-corrected chi connectivity index (χ4v) is 3.85. The van der Waals surface area contributed by atoms with Crippen molar-refractivity contribution in [2.24, 2.45) is 0 Å². The van der Waals surface area contributed by atoms with E-state index in [9.17, 15) is 9.90 Å². The van der Waals surface area contributed by atoms with Crippen LogP contribution in [0.15, 0.2) is 39.6 Å². The molecule has 2 aromatic rings. The molecule has 0 bridgehead atoms. The monoisotopic (exact) mass is 359 g/mol. The first-order valence-corrected chi connectivity index (χ1v) is 9.65. The lowest BCUT2D eigenvalue weighted by atomic mass is 9.95. The topological polar surface area (TPSA) is 71.5 Å². The molecule has 0 aliphatic heterocycles. The molecule has 0 amide bonds. The standard InChI is InChI=1S/C20H29N3O3/c1-22(17-12-8-3-2-4-9-13-17)14-18(24)15-23-19(21-26-20(23)25)16-10-6-5-7-11-16/h5-7,10-11,17-18,24H,2-4,8-9,12-15H2,1H3. The van der Waals surface area contributed by atoms with Gasteiger partial charge in [-0.2, -0.15) is 0 Å². The SMILES string of the molecule is CN(CC(O)Cn1c(-c2ccccc2)noc1=O)C1CCCCCCC1. The molecule has 142 valence electrons. The molecule has 0 saturated heterocycles. The number of hydrogen-bond donors (Lipinski definition) is 1. The van der Waals surface area contributed by atoms with Crippen LogP contribution in [0.25, 0.3) is 11.4 Å². The first-order valence-electron chi connectivity index (χ1n) is 9.65. The summed E-state index contributed by atoms with van der Waals surface area (Å²) in [5.41, 5.74) is 0.805. The third-order valence-corrected chi connectivity index (χ3v) is 5.31. The molecule has 1 N–H and O–H groups in total. The van der Waals surface area contributed by atoms with Gasteiger partial charge >= 0.3 is 5.76 Å².